The van der Waals surface area contributed by atoms with Gasteiger partial charge in [0.2, 0.25) is 0 Å². The van der Waals surface area contributed by atoms with E-state index in [0.717, 1.165) is 0 Å². The summed E-state index contributed by atoms with van der Waals surface area (Å²) in [5, 5.41) is 5.87. The van der Waals surface area contributed by atoms with E-state index in [4.69, 9.17) is 0 Å². The Balaban J connectivity index is 1.78. The second-order valence-electron chi connectivity index (χ2n) is 5.23. The lowest BCUT2D eigenvalue weighted by molar-refractivity contribution is 0.222. The molecule has 0 aliphatic carbocycles. The van der Waals surface area contributed by atoms with Crippen LogP contribution in [0.25, 0.3) is 0 Å². The Morgan fingerprint density at radius 2 is 2.41 bits per heavy atom. The molecular formula is C14H24N2S. The van der Waals surface area contributed by atoms with E-state index in [1.807, 2.05) is 11.3 Å². The number of rotatable bonds is 6. The van der Waals surface area contributed by atoms with Crippen molar-refractivity contribution < 1.29 is 0 Å². The first-order valence-corrected chi connectivity index (χ1v) is 7.58. The summed E-state index contributed by atoms with van der Waals surface area (Å²) in [6.45, 7) is 5.87. The quantitative estimate of drug-likeness (QED) is 0.837. The summed E-state index contributed by atoms with van der Waals surface area (Å²) < 4.78 is 0. The van der Waals surface area contributed by atoms with Crippen molar-refractivity contribution in [2.24, 2.45) is 0 Å². The highest BCUT2D eigenvalue weighted by molar-refractivity contribution is 7.09. The van der Waals surface area contributed by atoms with Crippen LogP contribution in [0.5, 0.6) is 0 Å². The molecule has 96 valence electrons. The molecular weight excluding hydrogens is 228 g/mol. The minimum atomic E-state index is 0.393. The Hall–Kier alpha value is -0.380. The van der Waals surface area contributed by atoms with Crippen molar-refractivity contribution >= 4 is 11.3 Å². The van der Waals surface area contributed by atoms with Gasteiger partial charge in [-0.05, 0) is 50.7 Å². The van der Waals surface area contributed by atoms with E-state index in [1.54, 1.807) is 0 Å². The van der Waals surface area contributed by atoms with E-state index in [2.05, 4.69) is 41.7 Å². The first kappa shape index (κ1) is 13.1. The second kappa shape index (κ2) is 5.98. The Bertz CT molecular complexity index is 315. The SMILES string of the molecule is CCC1(CN(C)CCc2cccs2)CCCN1. The lowest BCUT2D eigenvalue weighted by atomic mass is 9.93. The zero-order chi connectivity index (χ0) is 12.1. The fourth-order valence-electron chi connectivity index (χ4n) is 2.77. The van der Waals surface area contributed by atoms with Gasteiger partial charge in [0, 0.05) is 23.5 Å². The number of thiophene rings is 1. The summed E-state index contributed by atoms with van der Waals surface area (Å²) in [5.41, 5.74) is 0.393. The number of hydrogen-bond acceptors (Lipinski definition) is 3. The predicted octanol–water partition coefficient (Wildman–Crippen LogP) is 2.75. The van der Waals surface area contributed by atoms with Gasteiger partial charge in [-0.1, -0.05) is 13.0 Å². The fourth-order valence-corrected chi connectivity index (χ4v) is 3.47. The van der Waals surface area contributed by atoms with Crippen molar-refractivity contribution in [3.63, 3.8) is 0 Å². The van der Waals surface area contributed by atoms with Crippen molar-refractivity contribution in [1.29, 1.82) is 0 Å². The molecule has 2 rings (SSSR count). The topological polar surface area (TPSA) is 15.3 Å². The molecule has 0 spiro atoms. The fraction of sp³-hybridized carbons (Fsp3) is 0.714. The molecule has 1 aromatic heterocycles. The normalized spacial score (nSPS) is 24.6. The smallest absolute Gasteiger partial charge is 0.0306 e. The zero-order valence-corrected chi connectivity index (χ0v) is 11.9. The molecule has 17 heavy (non-hydrogen) atoms. The van der Waals surface area contributed by atoms with Crippen LogP contribution in [0.15, 0.2) is 17.5 Å². The molecule has 1 aliphatic rings. The maximum absolute atomic E-state index is 3.70. The number of nitrogens with zero attached hydrogens (tertiary/aromatic N) is 1. The minimum Gasteiger partial charge on any atom is -0.310 e. The molecule has 2 heterocycles. The van der Waals surface area contributed by atoms with E-state index in [9.17, 15) is 0 Å². The van der Waals surface area contributed by atoms with Gasteiger partial charge in [0.25, 0.3) is 0 Å². The summed E-state index contributed by atoms with van der Waals surface area (Å²) in [5.74, 6) is 0. The maximum Gasteiger partial charge on any atom is 0.0306 e. The van der Waals surface area contributed by atoms with Gasteiger partial charge in [0.15, 0.2) is 0 Å². The number of likely N-dealkylation sites (N-methyl/N-ethyl adjacent to an activating group) is 1. The van der Waals surface area contributed by atoms with Crippen LogP contribution < -0.4 is 5.32 Å². The third-order valence-electron chi connectivity index (χ3n) is 3.90. The summed E-state index contributed by atoms with van der Waals surface area (Å²) >= 11 is 1.87. The van der Waals surface area contributed by atoms with E-state index in [1.165, 1.54) is 50.2 Å². The van der Waals surface area contributed by atoms with Crippen LogP contribution in [0.3, 0.4) is 0 Å². The van der Waals surface area contributed by atoms with Crippen LogP contribution in [0.2, 0.25) is 0 Å². The van der Waals surface area contributed by atoms with Crippen LogP contribution in [0.1, 0.15) is 31.1 Å². The van der Waals surface area contributed by atoms with Crippen LogP contribution in [-0.2, 0) is 6.42 Å². The van der Waals surface area contributed by atoms with Gasteiger partial charge < -0.3 is 10.2 Å². The van der Waals surface area contributed by atoms with E-state index < -0.39 is 0 Å². The van der Waals surface area contributed by atoms with Gasteiger partial charge in [0.05, 0.1) is 0 Å². The highest BCUT2D eigenvalue weighted by Gasteiger charge is 2.32. The third-order valence-corrected chi connectivity index (χ3v) is 4.84. The minimum absolute atomic E-state index is 0.393. The van der Waals surface area contributed by atoms with Crippen molar-refractivity contribution in [2.75, 3.05) is 26.7 Å². The second-order valence-corrected chi connectivity index (χ2v) is 6.26. The average molecular weight is 252 g/mol. The predicted molar refractivity (Wildman–Crippen MR) is 75.8 cm³/mol. The van der Waals surface area contributed by atoms with Crippen molar-refractivity contribution in [1.82, 2.24) is 10.2 Å². The molecule has 1 N–H and O–H groups in total. The van der Waals surface area contributed by atoms with Crippen molar-refractivity contribution in [3.8, 4) is 0 Å². The van der Waals surface area contributed by atoms with Crippen LogP contribution in [0.4, 0.5) is 0 Å². The standard InChI is InChI=1S/C14H24N2S/c1-3-14(8-5-9-15-14)12-16(2)10-7-13-6-4-11-17-13/h4,6,11,15H,3,5,7-10,12H2,1-2H3. The van der Waals surface area contributed by atoms with Gasteiger partial charge in [-0.15, -0.1) is 11.3 Å². The lowest BCUT2D eigenvalue weighted by Crippen LogP contribution is -2.48. The first-order valence-electron chi connectivity index (χ1n) is 6.70. The summed E-state index contributed by atoms with van der Waals surface area (Å²) in [4.78, 5) is 3.99. The zero-order valence-electron chi connectivity index (χ0n) is 11.0. The van der Waals surface area contributed by atoms with Crippen molar-refractivity contribution in [3.05, 3.63) is 22.4 Å². The summed E-state index contributed by atoms with van der Waals surface area (Å²) in [6, 6.07) is 4.38. The molecule has 1 saturated heterocycles. The molecule has 0 saturated carbocycles. The molecule has 1 atom stereocenters. The molecule has 0 bridgehead atoms. The van der Waals surface area contributed by atoms with Gasteiger partial charge >= 0.3 is 0 Å². The molecule has 1 unspecified atom stereocenters. The molecule has 2 nitrogen and oxygen atoms in total. The third kappa shape index (κ3) is 3.54. The van der Waals surface area contributed by atoms with E-state index >= 15 is 0 Å². The molecule has 1 aromatic rings. The van der Waals surface area contributed by atoms with Gasteiger partial charge in [-0.3, -0.25) is 0 Å². The van der Waals surface area contributed by atoms with Gasteiger partial charge in [-0.25, -0.2) is 0 Å². The highest BCUT2D eigenvalue weighted by Crippen LogP contribution is 2.23. The molecule has 3 heteroatoms. The summed E-state index contributed by atoms with van der Waals surface area (Å²) in [7, 11) is 2.25. The monoisotopic (exact) mass is 252 g/mol. The van der Waals surface area contributed by atoms with Crippen molar-refractivity contribution in [2.45, 2.75) is 38.1 Å². The Labute approximate surface area is 109 Å². The Kier molecular flexibility index (Phi) is 4.60. The average Bonchev–Trinajstić information content (AvgIpc) is 2.98. The molecule has 0 aromatic carbocycles. The molecule has 0 radical (unpaired) electrons. The first-order chi connectivity index (χ1) is 8.24. The Morgan fingerprint density at radius 3 is 3.00 bits per heavy atom. The maximum atomic E-state index is 3.70. The van der Waals surface area contributed by atoms with Crippen LogP contribution >= 0.6 is 11.3 Å². The largest absolute Gasteiger partial charge is 0.310 e. The van der Waals surface area contributed by atoms with E-state index in [-0.39, 0.29) is 0 Å². The molecule has 0 amide bonds. The van der Waals surface area contributed by atoms with E-state index in [0.29, 0.717) is 5.54 Å². The van der Waals surface area contributed by atoms with Gasteiger partial charge in [-0.2, -0.15) is 0 Å². The summed E-state index contributed by atoms with van der Waals surface area (Å²) in [6.07, 6.45) is 5.11. The van der Waals surface area contributed by atoms with Crippen LogP contribution in [-0.4, -0.2) is 37.1 Å². The Morgan fingerprint density at radius 1 is 1.53 bits per heavy atom. The van der Waals surface area contributed by atoms with Gasteiger partial charge in [0.1, 0.15) is 0 Å². The molecule has 1 aliphatic heterocycles. The molecule has 1 fully saturated rings. The van der Waals surface area contributed by atoms with Crippen LogP contribution in [0, 0.1) is 0 Å². The number of nitrogens with one attached hydrogen (secondary N) is 1. The lowest BCUT2D eigenvalue weighted by Gasteiger charge is -2.33. The highest BCUT2D eigenvalue weighted by atomic mass is 32.1. The number of hydrogen-bond donors (Lipinski definition) is 1.